The number of carbonyl (C=O) groups excluding carboxylic acids is 1. The highest BCUT2D eigenvalue weighted by atomic mass is 35.5. The van der Waals surface area contributed by atoms with Gasteiger partial charge in [-0.25, -0.2) is 4.98 Å². The molecule has 0 aliphatic heterocycles. The molecule has 0 aliphatic carbocycles. The number of halogens is 2. The molecule has 24 heavy (non-hydrogen) atoms. The third-order valence-electron chi connectivity index (χ3n) is 3.24. The molecular weight excluding hydrogens is 349 g/mol. The summed E-state index contributed by atoms with van der Waals surface area (Å²) in [6.45, 7) is 0.323. The Hall–Kier alpha value is -2.50. The van der Waals surface area contributed by atoms with Crippen molar-refractivity contribution in [3.8, 4) is 0 Å². The molecule has 0 saturated carbocycles. The zero-order valence-corrected chi connectivity index (χ0v) is 13.9. The van der Waals surface area contributed by atoms with Gasteiger partial charge in [0.15, 0.2) is 0 Å². The van der Waals surface area contributed by atoms with Crippen LogP contribution < -0.4 is 10.6 Å². The van der Waals surface area contributed by atoms with E-state index in [4.69, 9.17) is 27.6 Å². The summed E-state index contributed by atoms with van der Waals surface area (Å²) in [5.74, 6) is 1.01. The minimum atomic E-state index is -0.230. The van der Waals surface area contributed by atoms with Crippen molar-refractivity contribution in [3.05, 3.63) is 76.3 Å². The zero-order chi connectivity index (χ0) is 16.9. The minimum Gasteiger partial charge on any atom is -0.467 e. The molecule has 3 rings (SSSR count). The zero-order valence-electron chi connectivity index (χ0n) is 12.4. The van der Waals surface area contributed by atoms with E-state index < -0.39 is 0 Å². The average molecular weight is 362 g/mol. The molecule has 0 spiro atoms. The first-order valence-corrected chi connectivity index (χ1v) is 7.87. The quantitative estimate of drug-likeness (QED) is 0.693. The number of hydrogen-bond acceptors (Lipinski definition) is 4. The summed E-state index contributed by atoms with van der Waals surface area (Å²) in [6, 6.07) is 12.2. The Morgan fingerprint density at radius 2 is 2.00 bits per heavy atom. The lowest BCUT2D eigenvalue weighted by Gasteiger charge is -2.09. The van der Waals surface area contributed by atoms with Crippen molar-refractivity contribution in [1.82, 2.24) is 10.3 Å². The molecular formula is C17H13Cl2N3O2. The fourth-order valence-corrected chi connectivity index (χ4v) is 2.37. The Labute approximate surface area is 148 Å². The Morgan fingerprint density at radius 3 is 2.71 bits per heavy atom. The third-order valence-corrected chi connectivity index (χ3v) is 4.06. The van der Waals surface area contributed by atoms with E-state index in [1.807, 2.05) is 0 Å². The molecule has 7 heteroatoms. The fourth-order valence-electron chi connectivity index (χ4n) is 2.02. The lowest BCUT2D eigenvalue weighted by atomic mass is 10.2. The number of benzene rings is 1. The minimum absolute atomic E-state index is 0.230. The van der Waals surface area contributed by atoms with Crippen molar-refractivity contribution in [1.29, 1.82) is 0 Å². The summed E-state index contributed by atoms with van der Waals surface area (Å²) in [5.41, 5.74) is 1.09. The molecule has 0 atom stereocenters. The van der Waals surface area contributed by atoms with Gasteiger partial charge in [0, 0.05) is 6.20 Å². The molecule has 0 unspecified atom stereocenters. The van der Waals surface area contributed by atoms with Crippen molar-refractivity contribution >= 4 is 40.6 Å². The molecule has 0 fully saturated rings. The van der Waals surface area contributed by atoms with Crippen LogP contribution >= 0.6 is 23.2 Å². The van der Waals surface area contributed by atoms with Gasteiger partial charge in [0.1, 0.15) is 11.6 Å². The predicted molar refractivity (Wildman–Crippen MR) is 93.9 cm³/mol. The lowest BCUT2D eigenvalue weighted by molar-refractivity contribution is 0.0947. The second-order valence-electron chi connectivity index (χ2n) is 4.92. The summed E-state index contributed by atoms with van der Waals surface area (Å²) in [7, 11) is 0. The van der Waals surface area contributed by atoms with Crippen molar-refractivity contribution in [3.63, 3.8) is 0 Å². The van der Waals surface area contributed by atoms with E-state index in [0.717, 1.165) is 0 Å². The molecule has 0 bridgehead atoms. The summed E-state index contributed by atoms with van der Waals surface area (Å²) in [4.78, 5) is 16.3. The van der Waals surface area contributed by atoms with E-state index in [1.54, 1.807) is 48.7 Å². The van der Waals surface area contributed by atoms with Crippen LogP contribution in [0.25, 0.3) is 0 Å². The standard InChI is InChI=1S/C17H13Cl2N3O2/c18-13-4-1-5-14(16(13)19)22-15-7-6-11(9-20-15)17(23)21-10-12-3-2-8-24-12/h1-9H,10H2,(H,20,22)(H,21,23). The van der Waals surface area contributed by atoms with Gasteiger partial charge in [-0.15, -0.1) is 0 Å². The smallest absolute Gasteiger partial charge is 0.253 e. The van der Waals surface area contributed by atoms with Crippen molar-refractivity contribution in [2.24, 2.45) is 0 Å². The SMILES string of the molecule is O=C(NCc1ccco1)c1ccc(Nc2cccc(Cl)c2Cl)nc1. The molecule has 122 valence electrons. The van der Waals surface area contributed by atoms with E-state index in [-0.39, 0.29) is 5.91 Å². The first kappa shape index (κ1) is 16.4. The monoisotopic (exact) mass is 361 g/mol. The molecule has 0 saturated heterocycles. The van der Waals surface area contributed by atoms with Gasteiger partial charge in [-0.2, -0.15) is 0 Å². The maximum absolute atomic E-state index is 12.1. The largest absolute Gasteiger partial charge is 0.467 e. The number of furan rings is 1. The van der Waals surface area contributed by atoms with Crippen LogP contribution in [-0.2, 0) is 6.54 Å². The van der Waals surface area contributed by atoms with E-state index in [0.29, 0.717) is 39.4 Å². The molecule has 2 aromatic heterocycles. The topological polar surface area (TPSA) is 67.2 Å². The van der Waals surface area contributed by atoms with Crippen LogP contribution in [-0.4, -0.2) is 10.9 Å². The van der Waals surface area contributed by atoms with Crippen LogP contribution in [0.1, 0.15) is 16.1 Å². The second kappa shape index (κ2) is 7.38. The molecule has 0 aliphatic rings. The van der Waals surface area contributed by atoms with Crippen molar-refractivity contribution < 1.29 is 9.21 Å². The Morgan fingerprint density at radius 1 is 1.12 bits per heavy atom. The Bertz CT molecular complexity index is 834. The van der Waals surface area contributed by atoms with Gasteiger partial charge in [-0.1, -0.05) is 29.3 Å². The van der Waals surface area contributed by atoms with Crippen LogP contribution in [0, 0.1) is 0 Å². The van der Waals surface area contributed by atoms with Crippen LogP contribution in [0.15, 0.2) is 59.3 Å². The number of nitrogens with one attached hydrogen (secondary N) is 2. The molecule has 3 aromatic rings. The molecule has 5 nitrogen and oxygen atoms in total. The van der Waals surface area contributed by atoms with Gasteiger partial charge in [0.05, 0.1) is 34.1 Å². The normalized spacial score (nSPS) is 10.4. The van der Waals surface area contributed by atoms with Gasteiger partial charge >= 0.3 is 0 Å². The molecule has 1 amide bonds. The van der Waals surface area contributed by atoms with Gasteiger partial charge in [0.25, 0.3) is 5.91 Å². The van der Waals surface area contributed by atoms with E-state index >= 15 is 0 Å². The number of amides is 1. The van der Waals surface area contributed by atoms with Crippen LogP contribution in [0.5, 0.6) is 0 Å². The Balaban J connectivity index is 1.64. The molecule has 2 heterocycles. The molecule has 2 N–H and O–H groups in total. The van der Waals surface area contributed by atoms with Gasteiger partial charge in [-0.3, -0.25) is 4.79 Å². The van der Waals surface area contributed by atoms with Crippen LogP contribution in [0.4, 0.5) is 11.5 Å². The number of rotatable bonds is 5. The average Bonchev–Trinajstić information content (AvgIpc) is 3.11. The highest BCUT2D eigenvalue weighted by Crippen LogP contribution is 2.31. The number of hydrogen-bond donors (Lipinski definition) is 2. The second-order valence-corrected chi connectivity index (χ2v) is 5.71. The summed E-state index contributed by atoms with van der Waals surface area (Å²) < 4.78 is 5.16. The first-order chi connectivity index (χ1) is 11.6. The van der Waals surface area contributed by atoms with Crippen LogP contribution in [0.3, 0.4) is 0 Å². The van der Waals surface area contributed by atoms with E-state index in [1.165, 1.54) is 6.20 Å². The summed E-state index contributed by atoms with van der Waals surface area (Å²) >= 11 is 12.1. The molecule has 0 radical (unpaired) electrons. The highest BCUT2D eigenvalue weighted by Gasteiger charge is 2.08. The van der Waals surface area contributed by atoms with Gasteiger partial charge in [0.2, 0.25) is 0 Å². The number of pyridine rings is 1. The number of nitrogens with zero attached hydrogens (tertiary/aromatic N) is 1. The number of anilines is 2. The fraction of sp³-hybridized carbons (Fsp3) is 0.0588. The maximum atomic E-state index is 12.1. The van der Waals surface area contributed by atoms with E-state index in [2.05, 4.69) is 15.6 Å². The van der Waals surface area contributed by atoms with Crippen LogP contribution in [0.2, 0.25) is 10.0 Å². The van der Waals surface area contributed by atoms with E-state index in [9.17, 15) is 4.79 Å². The third kappa shape index (κ3) is 3.88. The summed E-state index contributed by atoms with van der Waals surface area (Å²) in [6.07, 6.45) is 3.04. The van der Waals surface area contributed by atoms with Gasteiger partial charge < -0.3 is 15.1 Å². The molecule has 1 aromatic carbocycles. The lowest BCUT2D eigenvalue weighted by Crippen LogP contribution is -2.22. The first-order valence-electron chi connectivity index (χ1n) is 7.11. The van der Waals surface area contributed by atoms with Gasteiger partial charge in [-0.05, 0) is 36.4 Å². The number of carbonyl (C=O) groups is 1. The van der Waals surface area contributed by atoms with Crippen molar-refractivity contribution in [2.45, 2.75) is 6.54 Å². The van der Waals surface area contributed by atoms with Crippen molar-refractivity contribution in [2.75, 3.05) is 5.32 Å². The summed E-state index contributed by atoms with van der Waals surface area (Å²) in [5, 5.41) is 6.69. The highest BCUT2D eigenvalue weighted by molar-refractivity contribution is 6.43. The maximum Gasteiger partial charge on any atom is 0.253 e. The predicted octanol–water partition coefficient (Wildman–Crippen LogP) is 4.66. The Kier molecular flexibility index (Phi) is 5.03. The number of aromatic nitrogens is 1.